The number of halogens is 1. The molecular formula is C24H26ClNO5S. The molecule has 6 nitrogen and oxygen atoms in total. The molecular weight excluding hydrogens is 450 g/mol. The third kappa shape index (κ3) is 4.84. The Balaban J connectivity index is 1.80. The van der Waals surface area contributed by atoms with Crippen LogP contribution >= 0.6 is 11.6 Å². The Kier molecular flexibility index (Phi) is 7.00. The average Bonchev–Trinajstić information content (AvgIpc) is 3.06. The van der Waals surface area contributed by atoms with Crippen LogP contribution in [-0.4, -0.2) is 30.7 Å². The van der Waals surface area contributed by atoms with Crippen LogP contribution in [0.3, 0.4) is 0 Å². The van der Waals surface area contributed by atoms with Crippen molar-refractivity contribution < 1.29 is 23.1 Å². The lowest BCUT2D eigenvalue weighted by atomic mass is 10.1. The summed E-state index contributed by atoms with van der Waals surface area (Å²) < 4.78 is 33.5. The minimum atomic E-state index is -3.84. The number of ether oxygens (including phenoxy) is 1. The number of aromatic carboxylic acids is 1. The zero-order valence-corrected chi connectivity index (χ0v) is 20.0. The zero-order chi connectivity index (χ0) is 23.6. The second-order valence-corrected chi connectivity index (χ2v) is 10.2. The maximum atomic E-state index is 13.1. The lowest BCUT2D eigenvalue weighted by Gasteiger charge is -2.11. The van der Waals surface area contributed by atoms with Gasteiger partial charge in [-0.05, 0) is 69.5 Å². The maximum Gasteiger partial charge on any atom is 0.352 e. The smallest absolute Gasteiger partial charge is 0.352 e. The van der Waals surface area contributed by atoms with E-state index in [0.29, 0.717) is 30.3 Å². The summed E-state index contributed by atoms with van der Waals surface area (Å²) in [7, 11) is -3.84. The lowest BCUT2D eigenvalue weighted by Crippen LogP contribution is -2.11. The number of rotatable bonds is 8. The van der Waals surface area contributed by atoms with E-state index in [9.17, 15) is 18.3 Å². The molecule has 3 aromatic rings. The highest BCUT2D eigenvalue weighted by atomic mass is 35.5. The summed E-state index contributed by atoms with van der Waals surface area (Å²) in [5, 5.41) is 10.4. The SMILES string of the molecule is Cc1ccc(S(=O)(=O)c2cn(CCCOc3cc(C)c(Cl)c(C)c3)c(C(=O)O)c2C)cc1. The van der Waals surface area contributed by atoms with Gasteiger partial charge in [0.05, 0.1) is 16.4 Å². The van der Waals surface area contributed by atoms with E-state index in [1.54, 1.807) is 12.1 Å². The molecule has 0 fully saturated rings. The molecule has 0 aliphatic rings. The minimum Gasteiger partial charge on any atom is -0.494 e. The number of carbonyl (C=O) groups is 1. The Hall–Kier alpha value is -2.77. The highest BCUT2D eigenvalue weighted by Gasteiger charge is 2.27. The summed E-state index contributed by atoms with van der Waals surface area (Å²) in [6.45, 7) is 7.85. The Morgan fingerprint density at radius 1 is 1.06 bits per heavy atom. The number of sulfone groups is 1. The molecule has 1 N–H and O–H groups in total. The van der Waals surface area contributed by atoms with Crippen LogP contribution in [0.2, 0.25) is 5.02 Å². The average molecular weight is 476 g/mol. The van der Waals surface area contributed by atoms with Gasteiger partial charge >= 0.3 is 5.97 Å². The van der Waals surface area contributed by atoms with Crippen LogP contribution in [0.15, 0.2) is 52.4 Å². The van der Waals surface area contributed by atoms with Crippen molar-refractivity contribution in [3.8, 4) is 5.75 Å². The van der Waals surface area contributed by atoms with Gasteiger partial charge < -0.3 is 14.4 Å². The number of hydrogen-bond donors (Lipinski definition) is 1. The molecule has 0 unspecified atom stereocenters. The monoisotopic (exact) mass is 475 g/mol. The van der Waals surface area contributed by atoms with Gasteiger partial charge in [-0.2, -0.15) is 0 Å². The zero-order valence-electron chi connectivity index (χ0n) is 18.5. The first-order valence-corrected chi connectivity index (χ1v) is 12.0. The number of hydrogen-bond acceptors (Lipinski definition) is 4. The minimum absolute atomic E-state index is 0.00335. The van der Waals surface area contributed by atoms with E-state index in [-0.39, 0.29) is 21.0 Å². The van der Waals surface area contributed by atoms with Crippen LogP contribution in [0.1, 0.15) is 39.2 Å². The van der Waals surface area contributed by atoms with Crippen molar-refractivity contribution in [3.63, 3.8) is 0 Å². The van der Waals surface area contributed by atoms with Crippen LogP contribution in [0.25, 0.3) is 0 Å². The summed E-state index contributed by atoms with van der Waals surface area (Å²) in [5.74, 6) is -0.480. The fourth-order valence-corrected chi connectivity index (χ4v) is 5.25. The molecule has 3 rings (SSSR count). The second kappa shape index (κ2) is 9.38. The van der Waals surface area contributed by atoms with Crippen molar-refractivity contribution in [1.82, 2.24) is 4.57 Å². The predicted molar refractivity (Wildman–Crippen MR) is 124 cm³/mol. The topological polar surface area (TPSA) is 85.6 Å². The summed E-state index contributed by atoms with van der Waals surface area (Å²) >= 11 is 6.18. The van der Waals surface area contributed by atoms with Gasteiger partial charge in [0.1, 0.15) is 11.4 Å². The Labute approximate surface area is 193 Å². The van der Waals surface area contributed by atoms with Gasteiger partial charge in [-0.25, -0.2) is 13.2 Å². The molecule has 0 saturated carbocycles. The van der Waals surface area contributed by atoms with Crippen molar-refractivity contribution in [3.05, 3.63) is 75.6 Å². The van der Waals surface area contributed by atoms with Crippen LogP contribution in [-0.2, 0) is 16.4 Å². The third-order valence-corrected chi connectivity index (χ3v) is 7.81. The molecule has 2 aromatic carbocycles. The summed E-state index contributed by atoms with van der Waals surface area (Å²) in [6.07, 6.45) is 1.91. The third-order valence-electron chi connectivity index (χ3n) is 5.33. The van der Waals surface area contributed by atoms with E-state index in [2.05, 4.69) is 0 Å². The molecule has 8 heteroatoms. The molecule has 0 bridgehead atoms. The van der Waals surface area contributed by atoms with Crippen LogP contribution in [0.4, 0.5) is 0 Å². The number of carboxylic acid groups (broad SMARTS) is 1. The van der Waals surface area contributed by atoms with E-state index in [0.717, 1.165) is 16.7 Å². The number of aromatic nitrogens is 1. The van der Waals surface area contributed by atoms with Crippen molar-refractivity contribution in [2.24, 2.45) is 0 Å². The molecule has 0 spiro atoms. The quantitative estimate of drug-likeness (QED) is 0.442. The second-order valence-electron chi connectivity index (χ2n) is 7.86. The maximum absolute atomic E-state index is 13.1. The molecule has 0 aliphatic heterocycles. The molecule has 0 radical (unpaired) electrons. The van der Waals surface area contributed by atoms with Gasteiger partial charge in [0.2, 0.25) is 9.84 Å². The number of aryl methyl sites for hydroxylation is 4. The fourth-order valence-electron chi connectivity index (χ4n) is 3.62. The van der Waals surface area contributed by atoms with Gasteiger partial charge in [-0.3, -0.25) is 0 Å². The van der Waals surface area contributed by atoms with Gasteiger partial charge in [-0.15, -0.1) is 0 Å². The van der Waals surface area contributed by atoms with Gasteiger partial charge in [0.15, 0.2) is 0 Å². The van der Waals surface area contributed by atoms with Gasteiger partial charge in [0, 0.05) is 23.3 Å². The summed E-state index contributed by atoms with van der Waals surface area (Å²) in [6, 6.07) is 10.2. The standard InChI is InChI=1S/C24H26ClNO5S/c1-15-6-8-20(9-7-15)32(29,30)21-14-26(23(18(21)4)24(27)28)10-5-11-31-19-12-16(2)22(25)17(3)13-19/h6-9,12-14H,5,10-11H2,1-4H3,(H,27,28). The van der Waals surface area contributed by atoms with Gasteiger partial charge in [0.25, 0.3) is 0 Å². The highest BCUT2D eigenvalue weighted by Crippen LogP contribution is 2.29. The summed E-state index contributed by atoms with van der Waals surface area (Å²) in [4.78, 5) is 12.0. The van der Waals surface area contributed by atoms with E-state index >= 15 is 0 Å². The Bertz CT molecular complexity index is 1240. The fraction of sp³-hybridized carbons (Fsp3) is 0.292. The molecule has 1 aromatic heterocycles. The Morgan fingerprint density at radius 3 is 2.22 bits per heavy atom. The highest BCUT2D eigenvalue weighted by molar-refractivity contribution is 7.91. The molecule has 170 valence electrons. The van der Waals surface area contributed by atoms with Crippen molar-refractivity contribution >= 4 is 27.4 Å². The largest absolute Gasteiger partial charge is 0.494 e. The molecule has 0 amide bonds. The van der Waals surface area contributed by atoms with E-state index < -0.39 is 15.8 Å². The predicted octanol–water partition coefficient (Wildman–Crippen LogP) is 5.38. The first-order chi connectivity index (χ1) is 15.0. The first kappa shape index (κ1) is 23.9. The van der Waals surface area contributed by atoms with E-state index in [4.69, 9.17) is 16.3 Å². The lowest BCUT2D eigenvalue weighted by molar-refractivity contribution is 0.0683. The van der Waals surface area contributed by atoms with E-state index in [1.807, 2.05) is 32.9 Å². The van der Waals surface area contributed by atoms with Crippen molar-refractivity contribution in [1.29, 1.82) is 0 Å². The normalized spacial score (nSPS) is 11.5. The summed E-state index contributed by atoms with van der Waals surface area (Å²) in [5.41, 5.74) is 2.97. The van der Waals surface area contributed by atoms with Crippen molar-refractivity contribution in [2.75, 3.05) is 6.61 Å². The van der Waals surface area contributed by atoms with Crippen LogP contribution in [0.5, 0.6) is 5.75 Å². The first-order valence-electron chi connectivity index (χ1n) is 10.2. The van der Waals surface area contributed by atoms with Crippen LogP contribution < -0.4 is 4.74 Å². The molecule has 32 heavy (non-hydrogen) atoms. The molecule has 1 heterocycles. The molecule has 0 saturated heterocycles. The number of carboxylic acids is 1. The molecule has 0 atom stereocenters. The molecule has 0 aliphatic carbocycles. The van der Waals surface area contributed by atoms with Crippen LogP contribution in [0, 0.1) is 27.7 Å². The van der Waals surface area contributed by atoms with Gasteiger partial charge in [-0.1, -0.05) is 29.3 Å². The van der Waals surface area contributed by atoms with Crippen molar-refractivity contribution in [2.45, 2.75) is 50.5 Å². The Morgan fingerprint density at radius 2 is 1.66 bits per heavy atom. The number of nitrogens with zero attached hydrogens (tertiary/aromatic N) is 1. The number of benzene rings is 2. The van der Waals surface area contributed by atoms with E-state index in [1.165, 1.54) is 29.8 Å².